The van der Waals surface area contributed by atoms with Gasteiger partial charge in [-0.2, -0.15) is 5.10 Å². The number of aryl methyl sites for hydroxylation is 2. The van der Waals surface area contributed by atoms with Crippen LogP contribution in [0.4, 0.5) is 0 Å². The SMILES string of the molecule is Cc1cc(-c2nnc(SCC(=O)NCC(C)C)n2CC(C)C)nn1C. The predicted molar refractivity (Wildman–Crippen MR) is 100 cm³/mol. The maximum absolute atomic E-state index is 12.0. The van der Waals surface area contributed by atoms with Crippen LogP contribution in [0.2, 0.25) is 0 Å². The van der Waals surface area contributed by atoms with Crippen LogP contribution in [0.25, 0.3) is 11.5 Å². The zero-order valence-electron chi connectivity index (χ0n) is 15.9. The maximum atomic E-state index is 12.0. The second-order valence-electron chi connectivity index (χ2n) is 7.09. The molecule has 7 nitrogen and oxygen atoms in total. The van der Waals surface area contributed by atoms with Crippen LogP contribution in [0.15, 0.2) is 11.2 Å². The molecule has 0 spiro atoms. The second kappa shape index (κ2) is 8.51. The molecule has 0 aliphatic rings. The lowest BCUT2D eigenvalue weighted by atomic mass is 10.2. The number of nitrogens with zero attached hydrogens (tertiary/aromatic N) is 5. The minimum Gasteiger partial charge on any atom is -0.355 e. The Hall–Kier alpha value is -1.83. The molecule has 2 rings (SSSR count). The number of thioether (sulfide) groups is 1. The van der Waals surface area contributed by atoms with Crippen molar-refractivity contribution in [3.8, 4) is 11.5 Å². The van der Waals surface area contributed by atoms with Gasteiger partial charge in [-0.05, 0) is 24.8 Å². The van der Waals surface area contributed by atoms with E-state index >= 15 is 0 Å². The summed E-state index contributed by atoms with van der Waals surface area (Å²) >= 11 is 1.42. The summed E-state index contributed by atoms with van der Waals surface area (Å²) in [7, 11) is 1.91. The lowest BCUT2D eigenvalue weighted by Crippen LogP contribution is -2.28. The van der Waals surface area contributed by atoms with Gasteiger partial charge >= 0.3 is 0 Å². The molecule has 138 valence electrons. The highest BCUT2D eigenvalue weighted by molar-refractivity contribution is 7.99. The average molecular weight is 365 g/mol. The van der Waals surface area contributed by atoms with E-state index in [1.807, 2.05) is 24.7 Å². The molecule has 2 aromatic rings. The Morgan fingerprint density at radius 2 is 1.96 bits per heavy atom. The molecule has 8 heteroatoms. The van der Waals surface area contributed by atoms with Crippen molar-refractivity contribution < 1.29 is 4.79 Å². The molecule has 2 heterocycles. The van der Waals surface area contributed by atoms with Crippen LogP contribution in [-0.4, -0.2) is 42.7 Å². The van der Waals surface area contributed by atoms with Crippen LogP contribution >= 0.6 is 11.8 Å². The molecule has 0 unspecified atom stereocenters. The van der Waals surface area contributed by atoms with E-state index < -0.39 is 0 Å². The number of rotatable bonds is 8. The smallest absolute Gasteiger partial charge is 0.230 e. The van der Waals surface area contributed by atoms with Crippen molar-refractivity contribution in [1.82, 2.24) is 29.9 Å². The Labute approximate surface area is 153 Å². The Balaban J connectivity index is 2.16. The predicted octanol–water partition coefficient (Wildman–Crippen LogP) is 2.51. The monoisotopic (exact) mass is 364 g/mol. The molecule has 0 aliphatic heterocycles. The molecule has 0 saturated heterocycles. The quantitative estimate of drug-likeness (QED) is 0.728. The van der Waals surface area contributed by atoms with E-state index in [0.29, 0.717) is 24.1 Å². The van der Waals surface area contributed by atoms with Gasteiger partial charge in [0.25, 0.3) is 0 Å². The Kier molecular flexibility index (Phi) is 6.64. The third kappa shape index (κ3) is 5.32. The molecular formula is C17H28N6OS. The summed E-state index contributed by atoms with van der Waals surface area (Å²) in [6, 6.07) is 2.00. The van der Waals surface area contributed by atoms with Crippen LogP contribution in [-0.2, 0) is 18.4 Å². The molecule has 0 aromatic carbocycles. The molecular weight excluding hydrogens is 336 g/mol. The zero-order valence-corrected chi connectivity index (χ0v) is 16.7. The molecule has 1 amide bonds. The van der Waals surface area contributed by atoms with E-state index in [9.17, 15) is 4.79 Å². The van der Waals surface area contributed by atoms with Crippen LogP contribution in [0.5, 0.6) is 0 Å². The topological polar surface area (TPSA) is 77.6 Å². The van der Waals surface area contributed by atoms with Gasteiger partial charge in [0.2, 0.25) is 5.91 Å². The molecule has 25 heavy (non-hydrogen) atoms. The van der Waals surface area contributed by atoms with Crippen molar-refractivity contribution in [3.05, 3.63) is 11.8 Å². The Morgan fingerprint density at radius 3 is 2.52 bits per heavy atom. The summed E-state index contributed by atoms with van der Waals surface area (Å²) in [6.45, 7) is 11.9. The highest BCUT2D eigenvalue weighted by Gasteiger charge is 2.19. The number of carbonyl (C=O) groups is 1. The fourth-order valence-electron chi connectivity index (χ4n) is 2.28. The standard InChI is InChI=1S/C17H28N6OS/c1-11(2)8-18-15(24)10-25-17-20-19-16(23(17)9-12(3)4)14-7-13(5)22(6)21-14/h7,11-12H,8-10H2,1-6H3,(H,18,24). The number of hydrogen-bond donors (Lipinski definition) is 1. The number of nitrogens with one attached hydrogen (secondary N) is 1. The number of hydrogen-bond acceptors (Lipinski definition) is 5. The highest BCUT2D eigenvalue weighted by Crippen LogP contribution is 2.24. The number of amides is 1. The summed E-state index contributed by atoms with van der Waals surface area (Å²) in [5, 5.41) is 16.8. The lowest BCUT2D eigenvalue weighted by molar-refractivity contribution is -0.118. The van der Waals surface area contributed by atoms with E-state index in [4.69, 9.17) is 0 Å². The van der Waals surface area contributed by atoms with Crippen molar-refractivity contribution in [2.24, 2.45) is 18.9 Å². The molecule has 0 radical (unpaired) electrons. The Morgan fingerprint density at radius 1 is 1.24 bits per heavy atom. The van der Waals surface area contributed by atoms with E-state index in [1.54, 1.807) is 0 Å². The molecule has 0 atom stereocenters. The zero-order chi connectivity index (χ0) is 18.6. The molecule has 0 saturated carbocycles. The summed E-state index contributed by atoms with van der Waals surface area (Å²) < 4.78 is 3.89. The van der Waals surface area contributed by atoms with Gasteiger partial charge < -0.3 is 9.88 Å². The van der Waals surface area contributed by atoms with Crippen molar-refractivity contribution in [2.45, 2.75) is 46.3 Å². The minimum absolute atomic E-state index is 0.0213. The van der Waals surface area contributed by atoms with Crippen LogP contribution in [0.1, 0.15) is 33.4 Å². The second-order valence-corrected chi connectivity index (χ2v) is 8.03. The van der Waals surface area contributed by atoms with Gasteiger partial charge in [0.1, 0.15) is 5.69 Å². The lowest BCUT2D eigenvalue weighted by Gasteiger charge is -2.12. The first-order chi connectivity index (χ1) is 11.8. The molecule has 2 aromatic heterocycles. The van der Waals surface area contributed by atoms with Crippen molar-refractivity contribution in [1.29, 1.82) is 0 Å². The molecule has 1 N–H and O–H groups in total. The number of aromatic nitrogens is 5. The summed E-state index contributed by atoms with van der Waals surface area (Å²) in [6.07, 6.45) is 0. The fourth-order valence-corrected chi connectivity index (χ4v) is 3.06. The van der Waals surface area contributed by atoms with Crippen LogP contribution in [0, 0.1) is 18.8 Å². The molecule has 0 aliphatic carbocycles. The van der Waals surface area contributed by atoms with Crippen molar-refractivity contribution in [2.75, 3.05) is 12.3 Å². The van der Waals surface area contributed by atoms with Crippen molar-refractivity contribution >= 4 is 17.7 Å². The van der Waals surface area contributed by atoms with E-state index in [-0.39, 0.29) is 5.91 Å². The van der Waals surface area contributed by atoms with Gasteiger partial charge in [-0.3, -0.25) is 9.48 Å². The third-order valence-electron chi connectivity index (χ3n) is 3.65. The Bertz CT molecular complexity index is 699. The largest absolute Gasteiger partial charge is 0.355 e. The third-order valence-corrected chi connectivity index (χ3v) is 4.61. The van der Waals surface area contributed by atoms with E-state index in [0.717, 1.165) is 28.9 Å². The maximum Gasteiger partial charge on any atom is 0.230 e. The van der Waals surface area contributed by atoms with Gasteiger partial charge in [0, 0.05) is 25.8 Å². The average Bonchev–Trinajstić information content (AvgIpc) is 3.06. The van der Waals surface area contributed by atoms with Crippen molar-refractivity contribution in [3.63, 3.8) is 0 Å². The first-order valence-corrected chi connectivity index (χ1v) is 9.60. The number of carbonyl (C=O) groups excluding carboxylic acids is 1. The molecule has 0 fully saturated rings. The van der Waals surface area contributed by atoms with Crippen LogP contribution in [0.3, 0.4) is 0 Å². The molecule has 0 bridgehead atoms. The van der Waals surface area contributed by atoms with Gasteiger partial charge in [-0.15, -0.1) is 10.2 Å². The summed E-state index contributed by atoms with van der Waals surface area (Å²) in [4.78, 5) is 12.0. The fraction of sp³-hybridized carbons (Fsp3) is 0.647. The summed E-state index contributed by atoms with van der Waals surface area (Å²) in [5.74, 6) is 1.99. The summed E-state index contributed by atoms with van der Waals surface area (Å²) in [5.41, 5.74) is 1.88. The van der Waals surface area contributed by atoms with Gasteiger partial charge in [-0.1, -0.05) is 39.5 Å². The van der Waals surface area contributed by atoms with E-state index in [2.05, 4.69) is 52.9 Å². The normalized spacial score (nSPS) is 11.5. The van der Waals surface area contributed by atoms with Crippen LogP contribution < -0.4 is 5.32 Å². The van der Waals surface area contributed by atoms with Gasteiger partial charge in [-0.25, -0.2) is 0 Å². The van der Waals surface area contributed by atoms with Gasteiger partial charge in [0.15, 0.2) is 11.0 Å². The van der Waals surface area contributed by atoms with E-state index in [1.165, 1.54) is 11.8 Å². The first-order valence-electron chi connectivity index (χ1n) is 8.61. The minimum atomic E-state index is 0.0213. The highest BCUT2D eigenvalue weighted by atomic mass is 32.2. The first kappa shape index (κ1) is 19.5. The van der Waals surface area contributed by atoms with Gasteiger partial charge in [0.05, 0.1) is 5.75 Å².